The molecule has 0 bridgehead atoms. The lowest BCUT2D eigenvalue weighted by Crippen LogP contribution is -2.39. The Kier molecular flexibility index (Phi) is 4.08. The van der Waals surface area contributed by atoms with Gasteiger partial charge in [-0.25, -0.2) is 9.97 Å². The van der Waals surface area contributed by atoms with Crippen molar-refractivity contribution in [2.24, 2.45) is 11.8 Å². The van der Waals surface area contributed by atoms with Crippen molar-refractivity contribution in [2.75, 3.05) is 13.1 Å². The van der Waals surface area contributed by atoms with Crippen molar-refractivity contribution < 1.29 is 4.79 Å². The minimum absolute atomic E-state index is 0.265. The van der Waals surface area contributed by atoms with E-state index < -0.39 is 0 Å². The average molecular weight is 313 g/mol. The molecule has 2 heterocycles. The Bertz CT molecular complexity index is 588. The summed E-state index contributed by atoms with van der Waals surface area (Å²) in [6.45, 7) is 3.99. The molecule has 0 saturated heterocycles. The Morgan fingerprint density at radius 1 is 1.04 bits per heavy atom. The van der Waals surface area contributed by atoms with Crippen molar-refractivity contribution in [1.29, 1.82) is 0 Å². The Labute approximate surface area is 138 Å². The van der Waals surface area contributed by atoms with Gasteiger partial charge in [-0.2, -0.15) is 0 Å². The van der Waals surface area contributed by atoms with Crippen LogP contribution in [0.15, 0.2) is 6.33 Å². The number of hydrogen-bond acceptors (Lipinski definition) is 3. The molecule has 0 N–H and O–H groups in total. The fraction of sp³-hybridized carbons (Fsp3) is 0.737. The normalized spacial score (nSPS) is 28.1. The molecule has 0 aromatic carbocycles. The topological polar surface area (TPSA) is 46.1 Å². The van der Waals surface area contributed by atoms with Crippen LogP contribution in [-0.2, 0) is 17.6 Å². The van der Waals surface area contributed by atoms with Gasteiger partial charge in [0.15, 0.2) is 0 Å². The van der Waals surface area contributed by atoms with Gasteiger partial charge in [0.25, 0.3) is 0 Å². The lowest BCUT2D eigenvalue weighted by atomic mass is 9.82. The van der Waals surface area contributed by atoms with Crippen molar-refractivity contribution in [3.05, 3.63) is 23.3 Å². The molecule has 4 heteroatoms. The largest absolute Gasteiger partial charge is 0.342 e. The maximum absolute atomic E-state index is 12.9. The van der Waals surface area contributed by atoms with Gasteiger partial charge < -0.3 is 4.90 Å². The van der Waals surface area contributed by atoms with Gasteiger partial charge in [-0.3, -0.25) is 4.79 Å². The number of carbonyl (C=O) groups is 1. The summed E-state index contributed by atoms with van der Waals surface area (Å²) in [7, 11) is 0. The molecule has 4 rings (SSSR count). The fourth-order valence-electron chi connectivity index (χ4n) is 4.25. The minimum atomic E-state index is 0.265. The molecule has 2 saturated carbocycles. The highest BCUT2D eigenvalue weighted by molar-refractivity contribution is 5.79. The molecule has 3 aliphatic rings. The summed E-state index contributed by atoms with van der Waals surface area (Å²) in [5, 5.41) is 0. The lowest BCUT2D eigenvalue weighted by molar-refractivity contribution is -0.136. The zero-order valence-corrected chi connectivity index (χ0v) is 14.1. The third-order valence-corrected chi connectivity index (χ3v) is 5.96. The number of amides is 1. The van der Waals surface area contributed by atoms with E-state index in [2.05, 4.69) is 21.8 Å². The maximum atomic E-state index is 12.9. The predicted octanol–water partition coefficient (Wildman–Crippen LogP) is 3.11. The molecule has 0 atom stereocenters. The molecular formula is C19H27N3O. The molecule has 0 spiro atoms. The van der Waals surface area contributed by atoms with Crippen LogP contribution in [0.5, 0.6) is 0 Å². The van der Waals surface area contributed by atoms with Crippen molar-refractivity contribution >= 4 is 5.91 Å². The van der Waals surface area contributed by atoms with Gasteiger partial charge >= 0.3 is 0 Å². The van der Waals surface area contributed by atoms with E-state index in [1.54, 1.807) is 6.33 Å². The van der Waals surface area contributed by atoms with E-state index in [0.29, 0.717) is 11.8 Å². The lowest BCUT2D eigenvalue weighted by Gasteiger charge is -2.30. The summed E-state index contributed by atoms with van der Waals surface area (Å²) < 4.78 is 0. The monoisotopic (exact) mass is 313 g/mol. The van der Waals surface area contributed by atoms with Crippen LogP contribution in [0.1, 0.15) is 68.3 Å². The molecular weight excluding hydrogens is 286 g/mol. The van der Waals surface area contributed by atoms with Crippen LogP contribution < -0.4 is 0 Å². The summed E-state index contributed by atoms with van der Waals surface area (Å²) >= 11 is 0. The summed E-state index contributed by atoms with van der Waals surface area (Å²) in [6, 6.07) is 0. The van der Waals surface area contributed by atoms with Crippen molar-refractivity contribution in [3.63, 3.8) is 0 Å². The van der Waals surface area contributed by atoms with Crippen molar-refractivity contribution in [2.45, 2.75) is 64.2 Å². The molecule has 2 aliphatic carbocycles. The Morgan fingerprint density at radius 3 is 2.52 bits per heavy atom. The van der Waals surface area contributed by atoms with Crippen LogP contribution in [-0.4, -0.2) is 33.9 Å². The van der Waals surface area contributed by atoms with Crippen molar-refractivity contribution in [1.82, 2.24) is 14.9 Å². The quantitative estimate of drug-likeness (QED) is 0.843. The molecule has 1 aromatic rings. The van der Waals surface area contributed by atoms with E-state index in [1.807, 2.05) is 0 Å². The minimum Gasteiger partial charge on any atom is -0.342 e. The first-order valence-electron chi connectivity index (χ1n) is 9.34. The SMILES string of the molecule is CC1CCC(C(=O)N2CCc3ncnc(C4CC4)c3CC2)CC1. The second-order valence-corrected chi connectivity index (χ2v) is 7.74. The van der Waals surface area contributed by atoms with E-state index >= 15 is 0 Å². The zero-order chi connectivity index (χ0) is 15.8. The van der Waals surface area contributed by atoms with Gasteiger partial charge in [0.2, 0.25) is 5.91 Å². The van der Waals surface area contributed by atoms with Gasteiger partial charge in [0, 0.05) is 37.0 Å². The number of aromatic nitrogens is 2. The highest BCUT2D eigenvalue weighted by atomic mass is 16.2. The number of nitrogens with zero attached hydrogens (tertiary/aromatic N) is 3. The summed E-state index contributed by atoms with van der Waals surface area (Å²) in [5.41, 5.74) is 3.81. The fourth-order valence-corrected chi connectivity index (χ4v) is 4.25. The number of fused-ring (bicyclic) bond motifs is 1. The molecule has 23 heavy (non-hydrogen) atoms. The Balaban J connectivity index is 1.45. The highest BCUT2D eigenvalue weighted by Gasteiger charge is 2.32. The van der Waals surface area contributed by atoms with E-state index in [0.717, 1.165) is 44.7 Å². The molecule has 4 nitrogen and oxygen atoms in total. The van der Waals surface area contributed by atoms with E-state index in [9.17, 15) is 4.79 Å². The average Bonchev–Trinajstić information content (AvgIpc) is 3.41. The van der Waals surface area contributed by atoms with Crippen LogP contribution in [0, 0.1) is 11.8 Å². The first-order chi connectivity index (χ1) is 11.2. The molecule has 2 fully saturated rings. The third kappa shape index (κ3) is 3.13. The standard InChI is InChI=1S/C19H27N3O/c1-13-2-4-15(5-3-13)19(23)22-10-8-16-17(9-11-22)20-12-21-18(16)14-6-7-14/h12-15H,2-11H2,1H3. The Morgan fingerprint density at radius 2 is 1.78 bits per heavy atom. The van der Waals surface area contributed by atoms with Gasteiger partial charge in [0.1, 0.15) is 6.33 Å². The first kappa shape index (κ1) is 15.1. The second-order valence-electron chi connectivity index (χ2n) is 7.74. The van der Waals surface area contributed by atoms with Gasteiger partial charge in [-0.1, -0.05) is 6.92 Å². The van der Waals surface area contributed by atoms with Crippen LogP contribution >= 0.6 is 0 Å². The van der Waals surface area contributed by atoms with E-state index in [-0.39, 0.29) is 5.92 Å². The van der Waals surface area contributed by atoms with Crippen LogP contribution in [0.25, 0.3) is 0 Å². The smallest absolute Gasteiger partial charge is 0.225 e. The van der Waals surface area contributed by atoms with Gasteiger partial charge in [-0.15, -0.1) is 0 Å². The molecule has 1 aromatic heterocycles. The number of rotatable bonds is 2. The molecule has 1 aliphatic heterocycles. The van der Waals surface area contributed by atoms with Crippen LogP contribution in [0.4, 0.5) is 0 Å². The summed E-state index contributed by atoms with van der Waals surface area (Å²) in [6.07, 6.45) is 10.7. The molecule has 0 unspecified atom stereocenters. The van der Waals surface area contributed by atoms with Crippen LogP contribution in [0.3, 0.4) is 0 Å². The first-order valence-corrected chi connectivity index (χ1v) is 9.34. The van der Waals surface area contributed by atoms with Crippen LogP contribution in [0.2, 0.25) is 0 Å². The summed E-state index contributed by atoms with van der Waals surface area (Å²) in [5.74, 6) is 2.12. The van der Waals surface area contributed by atoms with Crippen molar-refractivity contribution in [3.8, 4) is 0 Å². The Hall–Kier alpha value is -1.45. The second kappa shape index (κ2) is 6.21. The number of carbonyl (C=O) groups excluding carboxylic acids is 1. The molecule has 0 radical (unpaired) electrons. The van der Waals surface area contributed by atoms with E-state index in [4.69, 9.17) is 0 Å². The molecule has 1 amide bonds. The van der Waals surface area contributed by atoms with E-state index in [1.165, 1.54) is 42.6 Å². The highest BCUT2D eigenvalue weighted by Crippen LogP contribution is 2.41. The predicted molar refractivity (Wildman–Crippen MR) is 89.1 cm³/mol. The summed E-state index contributed by atoms with van der Waals surface area (Å²) in [4.78, 5) is 24.1. The van der Waals surface area contributed by atoms with Gasteiger partial charge in [-0.05, 0) is 56.4 Å². The van der Waals surface area contributed by atoms with Gasteiger partial charge in [0.05, 0.1) is 5.69 Å². The molecule has 124 valence electrons. The third-order valence-electron chi connectivity index (χ3n) is 5.96. The number of hydrogen-bond donors (Lipinski definition) is 0. The maximum Gasteiger partial charge on any atom is 0.225 e. The zero-order valence-electron chi connectivity index (χ0n) is 14.1.